The molecule has 1 rings (SSSR count). The first-order valence-corrected chi connectivity index (χ1v) is 4.29. The average Bonchev–Trinajstić information content (AvgIpc) is 2.16. The predicted molar refractivity (Wildman–Crippen MR) is 55.5 cm³/mol. The number of benzene rings is 1. The van der Waals surface area contributed by atoms with Crippen molar-refractivity contribution in [2.75, 3.05) is 5.32 Å². The van der Waals surface area contributed by atoms with E-state index in [0.717, 1.165) is 0 Å². The van der Waals surface area contributed by atoms with Crippen LogP contribution in [0.25, 0.3) is 0 Å². The molecule has 5 heteroatoms. The van der Waals surface area contributed by atoms with Crippen molar-refractivity contribution < 1.29 is 9.63 Å². The summed E-state index contributed by atoms with van der Waals surface area (Å²) in [5.74, 6) is 0. The van der Waals surface area contributed by atoms with Crippen molar-refractivity contribution in [2.45, 2.75) is 6.92 Å². The van der Waals surface area contributed by atoms with Crippen molar-refractivity contribution in [3.8, 4) is 0 Å². The van der Waals surface area contributed by atoms with Crippen LogP contribution in [0.3, 0.4) is 0 Å². The Balaban J connectivity index is 2.46. The molecule has 0 aliphatic heterocycles. The molecule has 0 unspecified atom stereocenters. The van der Waals surface area contributed by atoms with Crippen LogP contribution in [-0.4, -0.2) is 11.3 Å². The first-order chi connectivity index (χ1) is 6.68. The number of nitrogens with one attached hydrogen (secondary N) is 1. The van der Waals surface area contributed by atoms with Crippen LogP contribution in [0.1, 0.15) is 6.92 Å². The second-order valence-corrected chi connectivity index (χ2v) is 3.01. The van der Waals surface area contributed by atoms with E-state index >= 15 is 0 Å². The maximum Gasteiger partial charge on any atom is 0.437 e. The van der Waals surface area contributed by atoms with Gasteiger partial charge in [-0.3, -0.25) is 10.2 Å². The van der Waals surface area contributed by atoms with Gasteiger partial charge in [-0.25, -0.2) is 4.79 Å². The molecule has 74 valence electrons. The number of carbonyl (C=O) groups is 1. The highest BCUT2D eigenvalue weighted by Gasteiger charge is 2.01. The number of carbonyl (C=O) groups excluding carboxylic acids is 1. The van der Waals surface area contributed by atoms with Crippen LogP contribution >= 0.6 is 11.6 Å². The zero-order valence-electron chi connectivity index (χ0n) is 7.53. The van der Waals surface area contributed by atoms with Crippen LogP contribution in [0, 0.1) is 0 Å². The lowest BCUT2D eigenvalue weighted by Crippen LogP contribution is -2.10. The van der Waals surface area contributed by atoms with Gasteiger partial charge in [-0.1, -0.05) is 35.0 Å². The second kappa shape index (κ2) is 5.24. The number of para-hydroxylation sites is 1. The summed E-state index contributed by atoms with van der Waals surface area (Å²) in [6.45, 7) is 1.51. The quantitative estimate of drug-likeness (QED) is 0.466. The SMILES string of the molecule is C/C(Cl)=N/OC(=O)Nc1ccccc1. The Hall–Kier alpha value is -1.55. The van der Waals surface area contributed by atoms with E-state index in [2.05, 4.69) is 15.3 Å². The number of halogens is 1. The highest BCUT2D eigenvalue weighted by Crippen LogP contribution is 2.05. The average molecular weight is 213 g/mol. The number of hydrogen-bond donors (Lipinski definition) is 1. The Morgan fingerprint density at radius 2 is 2.07 bits per heavy atom. The molecule has 1 amide bonds. The van der Waals surface area contributed by atoms with Crippen LogP contribution < -0.4 is 5.32 Å². The molecule has 0 aromatic heterocycles. The fourth-order valence-electron chi connectivity index (χ4n) is 0.767. The molecule has 0 bridgehead atoms. The molecule has 0 saturated heterocycles. The van der Waals surface area contributed by atoms with Gasteiger partial charge in [-0.15, -0.1) is 0 Å². The summed E-state index contributed by atoms with van der Waals surface area (Å²) in [4.78, 5) is 15.4. The van der Waals surface area contributed by atoms with Crippen LogP contribution in [0.15, 0.2) is 35.5 Å². The van der Waals surface area contributed by atoms with Gasteiger partial charge in [0.15, 0.2) is 0 Å². The number of anilines is 1. The predicted octanol–water partition coefficient (Wildman–Crippen LogP) is 2.81. The molecule has 0 saturated carbocycles. The van der Waals surface area contributed by atoms with E-state index in [-0.39, 0.29) is 5.17 Å². The molecule has 0 aliphatic carbocycles. The summed E-state index contributed by atoms with van der Waals surface area (Å²) in [6.07, 6.45) is -0.670. The first kappa shape index (κ1) is 10.5. The van der Waals surface area contributed by atoms with Gasteiger partial charge in [0.25, 0.3) is 0 Å². The normalized spacial score (nSPS) is 10.9. The number of rotatable bonds is 2. The summed E-state index contributed by atoms with van der Waals surface area (Å²) < 4.78 is 0. The minimum Gasteiger partial charge on any atom is -0.297 e. The maximum atomic E-state index is 11.0. The number of nitrogens with zero attached hydrogens (tertiary/aromatic N) is 1. The Bertz CT molecular complexity index is 334. The first-order valence-electron chi connectivity index (χ1n) is 3.91. The highest BCUT2D eigenvalue weighted by atomic mass is 35.5. The maximum absolute atomic E-state index is 11.0. The topological polar surface area (TPSA) is 50.7 Å². The third kappa shape index (κ3) is 3.91. The summed E-state index contributed by atoms with van der Waals surface area (Å²) in [7, 11) is 0. The third-order valence-electron chi connectivity index (χ3n) is 1.27. The Labute approximate surface area is 86.5 Å². The van der Waals surface area contributed by atoms with E-state index in [1.54, 1.807) is 24.3 Å². The third-order valence-corrected chi connectivity index (χ3v) is 1.34. The van der Waals surface area contributed by atoms with Gasteiger partial charge in [0.2, 0.25) is 0 Å². The van der Waals surface area contributed by atoms with E-state index in [1.165, 1.54) is 6.92 Å². The lowest BCUT2D eigenvalue weighted by molar-refractivity contribution is 0.167. The summed E-state index contributed by atoms with van der Waals surface area (Å²) in [6, 6.07) is 8.91. The molecule has 1 aromatic carbocycles. The molecule has 0 radical (unpaired) electrons. The van der Waals surface area contributed by atoms with Gasteiger partial charge in [0, 0.05) is 5.69 Å². The second-order valence-electron chi connectivity index (χ2n) is 2.46. The van der Waals surface area contributed by atoms with Gasteiger partial charge >= 0.3 is 6.09 Å². The lowest BCUT2D eigenvalue weighted by atomic mass is 10.3. The number of amides is 1. The Kier molecular flexibility index (Phi) is 3.94. The van der Waals surface area contributed by atoms with E-state index in [1.807, 2.05) is 6.07 Å². The monoisotopic (exact) mass is 212 g/mol. The number of hydrogen-bond acceptors (Lipinski definition) is 3. The molecule has 1 aromatic rings. The summed E-state index contributed by atoms with van der Waals surface area (Å²) in [5, 5.41) is 5.92. The van der Waals surface area contributed by atoms with E-state index < -0.39 is 6.09 Å². The van der Waals surface area contributed by atoms with Crippen molar-refractivity contribution in [3.05, 3.63) is 30.3 Å². The van der Waals surface area contributed by atoms with Crippen molar-refractivity contribution >= 4 is 28.6 Å². The standard InChI is InChI=1S/C9H9ClN2O2/c1-7(10)12-14-9(13)11-8-5-3-2-4-6-8/h2-6H,1H3,(H,11,13)/b12-7-. The molecule has 0 heterocycles. The molecule has 1 N–H and O–H groups in total. The summed E-state index contributed by atoms with van der Waals surface area (Å²) >= 11 is 5.37. The fourth-order valence-corrected chi connectivity index (χ4v) is 0.801. The molecular weight excluding hydrogens is 204 g/mol. The van der Waals surface area contributed by atoms with Gasteiger partial charge in [-0.05, 0) is 19.1 Å². The van der Waals surface area contributed by atoms with Crippen molar-refractivity contribution in [1.29, 1.82) is 0 Å². The van der Waals surface area contributed by atoms with Crippen LogP contribution in [0.4, 0.5) is 10.5 Å². The van der Waals surface area contributed by atoms with Crippen molar-refractivity contribution in [3.63, 3.8) is 0 Å². The zero-order chi connectivity index (χ0) is 10.4. The molecule has 0 spiro atoms. The zero-order valence-corrected chi connectivity index (χ0v) is 8.28. The molecule has 14 heavy (non-hydrogen) atoms. The van der Waals surface area contributed by atoms with Crippen molar-refractivity contribution in [1.82, 2.24) is 0 Å². The minimum absolute atomic E-state index is 0.160. The van der Waals surface area contributed by atoms with Gasteiger partial charge < -0.3 is 0 Å². The highest BCUT2D eigenvalue weighted by molar-refractivity contribution is 6.64. The van der Waals surface area contributed by atoms with Crippen LogP contribution in [0.5, 0.6) is 0 Å². The minimum atomic E-state index is -0.670. The smallest absolute Gasteiger partial charge is 0.297 e. The van der Waals surface area contributed by atoms with Gasteiger partial charge in [0.05, 0.1) is 0 Å². The molecule has 4 nitrogen and oxygen atoms in total. The molecular formula is C9H9ClN2O2. The van der Waals surface area contributed by atoms with Gasteiger partial charge in [-0.2, -0.15) is 0 Å². The van der Waals surface area contributed by atoms with E-state index in [0.29, 0.717) is 5.69 Å². The lowest BCUT2D eigenvalue weighted by Gasteiger charge is -2.01. The fraction of sp³-hybridized carbons (Fsp3) is 0.111. The Morgan fingerprint density at radius 1 is 1.43 bits per heavy atom. The van der Waals surface area contributed by atoms with Crippen LogP contribution in [-0.2, 0) is 4.84 Å². The molecule has 0 atom stereocenters. The van der Waals surface area contributed by atoms with E-state index in [9.17, 15) is 4.79 Å². The molecule has 0 fully saturated rings. The Morgan fingerprint density at radius 3 is 2.64 bits per heavy atom. The molecule has 0 aliphatic rings. The van der Waals surface area contributed by atoms with Gasteiger partial charge in [0.1, 0.15) is 5.17 Å². The number of oxime groups is 1. The van der Waals surface area contributed by atoms with Crippen molar-refractivity contribution in [2.24, 2.45) is 5.16 Å². The van der Waals surface area contributed by atoms with Crippen LogP contribution in [0.2, 0.25) is 0 Å². The van der Waals surface area contributed by atoms with E-state index in [4.69, 9.17) is 11.6 Å². The largest absolute Gasteiger partial charge is 0.437 e. The summed E-state index contributed by atoms with van der Waals surface area (Å²) in [5.41, 5.74) is 0.639.